The Labute approximate surface area is 255 Å². The molecule has 3 aromatic carbocycles. The number of halogens is 2. The fourth-order valence-corrected chi connectivity index (χ4v) is 5.40. The summed E-state index contributed by atoms with van der Waals surface area (Å²) in [5.74, 6) is -0.183. The van der Waals surface area contributed by atoms with E-state index in [4.69, 9.17) is 58.1 Å². The monoisotopic (exact) mass is 639 g/mol. The number of hydrogen-bond acceptors (Lipinski definition) is 8. The third-order valence-corrected chi connectivity index (χ3v) is 8.05. The van der Waals surface area contributed by atoms with Gasteiger partial charge in [0.25, 0.3) is 0 Å². The number of carbonyl (C=O) groups excluding carboxylic acids is 2. The molecule has 0 saturated heterocycles. The summed E-state index contributed by atoms with van der Waals surface area (Å²) in [7, 11) is 1.25. The molecule has 0 radical (unpaired) electrons. The smallest absolute Gasteiger partial charge is 0.408 e. The van der Waals surface area contributed by atoms with Gasteiger partial charge in [0, 0.05) is 28.3 Å². The Morgan fingerprint density at radius 1 is 0.829 bits per heavy atom. The molecule has 0 aromatic heterocycles. The molecule has 3 rings (SSSR count). The number of benzene rings is 3. The second kappa shape index (κ2) is 15.0. The van der Waals surface area contributed by atoms with Gasteiger partial charge < -0.3 is 19.3 Å². The molecule has 0 fully saturated rings. The Morgan fingerprint density at radius 3 is 1.73 bits per heavy atom. The molecule has 0 heterocycles. The van der Waals surface area contributed by atoms with Crippen molar-refractivity contribution >= 4 is 53.8 Å². The van der Waals surface area contributed by atoms with Crippen LogP contribution in [0.4, 0.5) is 4.79 Å². The van der Waals surface area contributed by atoms with Crippen molar-refractivity contribution in [1.82, 2.24) is 5.32 Å². The molecule has 3 aromatic rings. The van der Waals surface area contributed by atoms with E-state index in [1.54, 1.807) is 69.3 Å². The maximum Gasteiger partial charge on any atom is 0.408 e. The van der Waals surface area contributed by atoms with E-state index in [0.717, 1.165) is 16.7 Å². The van der Waals surface area contributed by atoms with Crippen molar-refractivity contribution in [2.75, 3.05) is 7.11 Å². The second-order valence-corrected chi connectivity index (χ2v) is 13.7. The van der Waals surface area contributed by atoms with Crippen LogP contribution in [-0.4, -0.2) is 30.8 Å². The van der Waals surface area contributed by atoms with Crippen molar-refractivity contribution in [3.05, 3.63) is 99.5 Å². The minimum Gasteiger partial charge on any atom is -0.467 e. The van der Waals surface area contributed by atoms with E-state index in [1.165, 1.54) is 7.11 Å². The lowest BCUT2D eigenvalue weighted by Crippen LogP contribution is -2.45. The first-order valence-electron chi connectivity index (χ1n) is 12.6. The van der Waals surface area contributed by atoms with E-state index < -0.39 is 30.4 Å². The molecule has 0 aliphatic heterocycles. The van der Waals surface area contributed by atoms with Crippen LogP contribution < -0.4 is 9.84 Å². The molecule has 8 nitrogen and oxygen atoms in total. The highest BCUT2D eigenvalue weighted by Gasteiger charge is 2.26. The maximum atomic E-state index is 12.3. The highest BCUT2D eigenvalue weighted by Crippen LogP contribution is 2.51. The van der Waals surface area contributed by atoms with E-state index >= 15 is 0 Å². The fourth-order valence-electron chi connectivity index (χ4n) is 3.39. The molecular formula is C29H32Cl2NO7PS. The molecule has 0 saturated carbocycles. The predicted molar refractivity (Wildman–Crippen MR) is 163 cm³/mol. The molecule has 41 heavy (non-hydrogen) atoms. The molecule has 12 heteroatoms. The van der Waals surface area contributed by atoms with Crippen LogP contribution in [0.25, 0.3) is 0 Å². The van der Waals surface area contributed by atoms with Crippen molar-refractivity contribution in [2.24, 2.45) is 0 Å². The third kappa shape index (κ3) is 11.6. The molecule has 1 amide bonds. The van der Waals surface area contributed by atoms with Gasteiger partial charge >= 0.3 is 18.8 Å². The minimum absolute atomic E-state index is 0.157. The summed E-state index contributed by atoms with van der Waals surface area (Å²) in [6, 6.07) is 20.3. The highest BCUT2D eigenvalue weighted by molar-refractivity contribution is 8.07. The number of hydrogen-bond donors (Lipinski definition) is 1. The van der Waals surface area contributed by atoms with Crippen LogP contribution in [0.5, 0.6) is 5.75 Å². The van der Waals surface area contributed by atoms with Gasteiger partial charge in [-0.25, -0.2) is 9.59 Å². The first-order valence-corrected chi connectivity index (χ1v) is 15.9. The largest absolute Gasteiger partial charge is 0.467 e. The van der Waals surface area contributed by atoms with E-state index in [1.807, 2.05) is 24.3 Å². The number of ether oxygens (including phenoxy) is 2. The van der Waals surface area contributed by atoms with Crippen LogP contribution in [-0.2, 0) is 54.8 Å². The van der Waals surface area contributed by atoms with E-state index in [9.17, 15) is 9.59 Å². The van der Waals surface area contributed by atoms with E-state index in [2.05, 4.69) is 5.32 Å². The molecular weight excluding hydrogens is 608 g/mol. The van der Waals surface area contributed by atoms with Crippen molar-refractivity contribution in [2.45, 2.75) is 52.0 Å². The van der Waals surface area contributed by atoms with Crippen LogP contribution in [0.2, 0.25) is 10.0 Å². The van der Waals surface area contributed by atoms with Gasteiger partial charge in [-0.2, -0.15) is 0 Å². The number of nitrogens with one attached hydrogen (secondary N) is 1. The third-order valence-electron chi connectivity index (χ3n) is 5.36. The van der Waals surface area contributed by atoms with Gasteiger partial charge in [0.15, 0.2) is 0 Å². The summed E-state index contributed by atoms with van der Waals surface area (Å²) in [5.41, 5.74) is 1.73. The topological polar surface area (TPSA) is 92.3 Å². The number of alkyl carbamates (subject to hydrolysis) is 1. The summed E-state index contributed by atoms with van der Waals surface area (Å²) < 4.78 is 28.3. The van der Waals surface area contributed by atoms with Crippen LogP contribution in [0, 0.1) is 0 Å². The highest BCUT2D eigenvalue weighted by atomic mass is 35.5. The summed E-state index contributed by atoms with van der Waals surface area (Å²) in [6.07, 6.45) is -0.551. The van der Waals surface area contributed by atoms with Gasteiger partial charge in [0.1, 0.15) is 17.4 Å². The average Bonchev–Trinajstić information content (AvgIpc) is 2.92. The maximum absolute atomic E-state index is 12.3. The van der Waals surface area contributed by atoms with Gasteiger partial charge in [-0.05, 0) is 73.9 Å². The van der Waals surface area contributed by atoms with Crippen LogP contribution in [0.3, 0.4) is 0 Å². The number of rotatable bonds is 12. The molecule has 220 valence electrons. The van der Waals surface area contributed by atoms with Crippen LogP contribution in [0.1, 0.15) is 37.5 Å². The Hall–Kier alpha value is -2.65. The SMILES string of the molecule is COC(=O)[C@H](Cc1ccc(OP(=S)(OCc2ccc(Cl)cc2)OCc2ccc(Cl)cc2)cc1)NC(=O)OC(C)(C)C. The standard InChI is InChI=1S/C29H32Cl2NO7PS/c1-29(2,3)38-28(34)32-26(27(33)35-4)17-20-9-15-25(16-10-20)39-40(41,36-18-21-5-11-23(30)12-6-21)37-19-22-7-13-24(31)14-8-22/h5-16,26H,17-19H2,1-4H3,(H,32,34)/t26-/m0/s1. The van der Waals surface area contributed by atoms with Crippen LogP contribution >= 0.6 is 29.9 Å². The fraction of sp³-hybridized carbons (Fsp3) is 0.310. The van der Waals surface area contributed by atoms with Crippen molar-refractivity contribution in [1.29, 1.82) is 0 Å². The summed E-state index contributed by atoms with van der Waals surface area (Å²) in [4.78, 5) is 24.6. The number of amides is 1. The minimum atomic E-state index is -3.28. The molecule has 0 bridgehead atoms. The zero-order valence-corrected chi connectivity index (χ0v) is 26.3. The van der Waals surface area contributed by atoms with Crippen molar-refractivity contribution < 1.29 is 32.6 Å². The van der Waals surface area contributed by atoms with E-state index in [-0.39, 0.29) is 19.6 Å². The first kappa shape index (κ1) is 32.9. The lowest BCUT2D eigenvalue weighted by Gasteiger charge is -2.23. The molecule has 0 spiro atoms. The van der Waals surface area contributed by atoms with Gasteiger partial charge in [-0.15, -0.1) is 0 Å². The van der Waals surface area contributed by atoms with E-state index in [0.29, 0.717) is 15.8 Å². The summed E-state index contributed by atoms with van der Waals surface area (Å²) in [6.45, 7) is 2.24. The predicted octanol–water partition coefficient (Wildman–Crippen LogP) is 7.64. The normalized spacial score (nSPS) is 12.3. The second-order valence-electron chi connectivity index (χ2n) is 9.91. The van der Waals surface area contributed by atoms with Gasteiger partial charge in [0.05, 0.1) is 20.3 Å². The number of carbonyl (C=O) groups is 2. The summed E-state index contributed by atoms with van der Waals surface area (Å²) >= 11 is 17.7. The molecule has 0 aliphatic carbocycles. The van der Waals surface area contributed by atoms with Gasteiger partial charge in [0.2, 0.25) is 0 Å². The Kier molecular flexibility index (Phi) is 12.0. The number of methoxy groups -OCH3 is 1. The van der Waals surface area contributed by atoms with Gasteiger partial charge in [-0.3, -0.25) is 9.05 Å². The van der Waals surface area contributed by atoms with Gasteiger partial charge in [-0.1, -0.05) is 59.6 Å². The lowest BCUT2D eigenvalue weighted by molar-refractivity contribution is -0.143. The zero-order chi connectivity index (χ0) is 30.0. The summed E-state index contributed by atoms with van der Waals surface area (Å²) in [5, 5.41) is 3.78. The zero-order valence-electron chi connectivity index (χ0n) is 23.1. The molecule has 1 N–H and O–H groups in total. The average molecular weight is 641 g/mol. The van der Waals surface area contributed by atoms with Crippen molar-refractivity contribution in [3.8, 4) is 5.75 Å². The van der Waals surface area contributed by atoms with Crippen molar-refractivity contribution in [3.63, 3.8) is 0 Å². The molecule has 0 aliphatic rings. The lowest BCUT2D eigenvalue weighted by atomic mass is 10.1. The Morgan fingerprint density at radius 2 is 1.29 bits per heavy atom. The Balaban J connectivity index is 1.71. The quantitative estimate of drug-likeness (QED) is 0.160. The van der Waals surface area contributed by atoms with Crippen LogP contribution in [0.15, 0.2) is 72.8 Å². The first-order chi connectivity index (χ1) is 19.3. The Bertz CT molecular complexity index is 1290. The number of esters is 1. The molecule has 1 atom stereocenters. The molecule has 0 unspecified atom stereocenters.